The van der Waals surface area contributed by atoms with E-state index in [0.717, 1.165) is 50.2 Å². The lowest BCUT2D eigenvalue weighted by atomic mass is 9.88. The topological polar surface area (TPSA) is 41.6 Å². The van der Waals surface area contributed by atoms with Gasteiger partial charge in [0.15, 0.2) is 0 Å². The van der Waals surface area contributed by atoms with Crippen LogP contribution < -0.4 is 10.1 Å². The second-order valence-electron chi connectivity index (χ2n) is 8.70. The van der Waals surface area contributed by atoms with E-state index in [1.54, 1.807) is 0 Å². The molecule has 2 aliphatic rings. The van der Waals surface area contributed by atoms with Crippen LogP contribution in [-0.4, -0.2) is 29.5 Å². The number of ether oxygens (including phenoxy) is 1. The largest absolute Gasteiger partial charge is 0.487 e. The van der Waals surface area contributed by atoms with Crippen LogP contribution in [-0.2, 0) is 11.3 Å². The number of rotatable bonds is 4. The molecule has 148 valence electrons. The van der Waals surface area contributed by atoms with E-state index in [1.807, 2.05) is 18.2 Å². The zero-order valence-electron chi connectivity index (χ0n) is 16.9. The number of nitrogens with zero attached hydrogens (tertiary/aromatic N) is 1. The van der Waals surface area contributed by atoms with Gasteiger partial charge in [-0.15, -0.1) is 0 Å². The van der Waals surface area contributed by atoms with Crippen LogP contribution >= 0.6 is 0 Å². The molecule has 0 saturated carbocycles. The summed E-state index contributed by atoms with van der Waals surface area (Å²) in [7, 11) is 0. The standard InChI is InChI=1S/C24H30N2O2/c1-24(2)16-21(20-10-6-7-11-22(20)28-24)25-23(27)19-12-14-26(15-13-19)17-18-8-4-3-5-9-18/h3-11,19,21H,12-17H2,1-2H3,(H,25,27)/t21-/m1/s1. The lowest BCUT2D eigenvalue weighted by Gasteiger charge is -2.39. The van der Waals surface area contributed by atoms with Crippen molar-refractivity contribution in [3.05, 3.63) is 65.7 Å². The van der Waals surface area contributed by atoms with Gasteiger partial charge in [-0.3, -0.25) is 9.69 Å². The summed E-state index contributed by atoms with van der Waals surface area (Å²) in [6, 6.07) is 18.7. The minimum atomic E-state index is -0.272. The summed E-state index contributed by atoms with van der Waals surface area (Å²) in [6.45, 7) is 7.09. The molecule has 0 spiro atoms. The first-order valence-electron chi connectivity index (χ1n) is 10.3. The highest BCUT2D eigenvalue weighted by molar-refractivity contribution is 5.79. The average Bonchev–Trinajstić information content (AvgIpc) is 2.68. The number of hydrogen-bond donors (Lipinski definition) is 1. The van der Waals surface area contributed by atoms with Gasteiger partial charge < -0.3 is 10.1 Å². The Bertz CT molecular complexity index is 810. The first-order chi connectivity index (χ1) is 13.5. The second kappa shape index (κ2) is 7.96. The van der Waals surface area contributed by atoms with Gasteiger partial charge in [-0.1, -0.05) is 48.5 Å². The Kier molecular flexibility index (Phi) is 5.40. The highest BCUT2D eigenvalue weighted by Gasteiger charge is 2.35. The van der Waals surface area contributed by atoms with Gasteiger partial charge in [0.2, 0.25) is 5.91 Å². The third-order valence-electron chi connectivity index (χ3n) is 5.90. The zero-order valence-corrected chi connectivity index (χ0v) is 16.9. The molecule has 0 aliphatic carbocycles. The number of hydrogen-bond acceptors (Lipinski definition) is 3. The molecule has 0 radical (unpaired) electrons. The number of carbonyl (C=O) groups excluding carboxylic acids is 1. The van der Waals surface area contributed by atoms with Gasteiger partial charge in [0, 0.05) is 24.4 Å². The molecule has 28 heavy (non-hydrogen) atoms. The molecule has 1 saturated heterocycles. The van der Waals surface area contributed by atoms with Crippen LogP contribution in [0, 0.1) is 5.92 Å². The zero-order chi connectivity index (χ0) is 19.6. The fourth-order valence-electron chi connectivity index (χ4n) is 4.42. The maximum Gasteiger partial charge on any atom is 0.223 e. The molecule has 1 atom stereocenters. The van der Waals surface area contributed by atoms with Crippen molar-refractivity contribution in [1.82, 2.24) is 10.2 Å². The first kappa shape index (κ1) is 19.0. The number of piperidine rings is 1. The van der Waals surface area contributed by atoms with Crippen LogP contribution in [0.3, 0.4) is 0 Å². The van der Waals surface area contributed by atoms with Crippen LogP contribution in [0.5, 0.6) is 5.75 Å². The number of carbonyl (C=O) groups is 1. The third-order valence-corrected chi connectivity index (χ3v) is 5.90. The summed E-state index contributed by atoms with van der Waals surface area (Å²) in [6.07, 6.45) is 2.64. The number of amides is 1. The van der Waals surface area contributed by atoms with Crippen LogP contribution in [0.15, 0.2) is 54.6 Å². The molecule has 2 heterocycles. The Morgan fingerprint density at radius 3 is 2.50 bits per heavy atom. The van der Waals surface area contributed by atoms with Crippen LogP contribution in [0.1, 0.15) is 50.3 Å². The Balaban J connectivity index is 1.35. The molecule has 2 aromatic carbocycles. The normalized spacial score (nSPS) is 22.1. The molecule has 0 unspecified atom stereocenters. The van der Waals surface area contributed by atoms with Gasteiger partial charge in [0.25, 0.3) is 0 Å². The van der Waals surface area contributed by atoms with Crippen molar-refractivity contribution >= 4 is 5.91 Å². The van der Waals surface area contributed by atoms with Crippen molar-refractivity contribution in [2.45, 2.75) is 51.3 Å². The van der Waals surface area contributed by atoms with E-state index >= 15 is 0 Å². The first-order valence-corrected chi connectivity index (χ1v) is 10.3. The van der Waals surface area contributed by atoms with Crippen LogP contribution in [0.2, 0.25) is 0 Å². The number of fused-ring (bicyclic) bond motifs is 1. The number of nitrogens with one attached hydrogen (secondary N) is 1. The molecular formula is C24H30N2O2. The number of benzene rings is 2. The Morgan fingerprint density at radius 2 is 1.75 bits per heavy atom. The molecule has 2 aliphatic heterocycles. The summed E-state index contributed by atoms with van der Waals surface area (Å²) < 4.78 is 6.09. The lowest BCUT2D eigenvalue weighted by molar-refractivity contribution is -0.127. The van der Waals surface area contributed by atoms with Gasteiger partial charge >= 0.3 is 0 Å². The minimum absolute atomic E-state index is 0.0230. The molecule has 0 aromatic heterocycles. The molecule has 2 aromatic rings. The fourth-order valence-corrected chi connectivity index (χ4v) is 4.42. The van der Waals surface area contributed by atoms with Crippen molar-refractivity contribution in [2.24, 2.45) is 5.92 Å². The Hall–Kier alpha value is -2.33. The smallest absolute Gasteiger partial charge is 0.223 e. The van der Waals surface area contributed by atoms with Gasteiger partial charge in [-0.05, 0) is 51.4 Å². The average molecular weight is 379 g/mol. The molecule has 1 N–H and O–H groups in total. The third kappa shape index (κ3) is 4.39. The van der Waals surface area contributed by atoms with E-state index in [4.69, 9.17) is 4.74 Å². The van der Waals surface area contributed by atoms with Crippen molar-refractivity contribution < 1.29 is 9.53 Å². The van der Waals surface area contributed by atoms with E-state index in [0.29, 0.717) is 0 Å². The lowest BCUT2D eigenvalue weighted by Crippen LogP contribution is -2.45. The number of likely N-dealkylation sites (tertiary alicyclic amines) is 1. The van der Waals surface area contributed by atoms with Gasteiger partial charge in [-0.25, -0.2) is 0 Å². The summed E-state index contributed by atoms with van der Waals surface area (Å²) in [5, 5.41) is 3.33. The van der Waals surface area contributed by atoms with Crippen LogP contribution in [0.25, 0.3) is 0 Å². The number of para-hydroxylation sites is 1. The molecule has 1 fully saturated rings. The Labute approximate surface area is 167 Å². The van der Waals surface area contributed by atoms with Gasteiger partial charge in [0.05, 0.1) is 6.04 Å². The molecular weight excluding hydrogens is 348 g/mol. The van der Waals surface area contributed by atoms with E-state index in [2.05, 4.69) is 60.5 Å². The van der Waals surface area contributed by atoms with Gasteiger partial charge in [-0.2, -0.15) is 0 Å². The molecule has 4 heteroatoms. The van der Waals surface area contributed by atoms with E-state index < -0.39 is 0 Å². The predicted molar refractivity (Wildman–Crippen MR) is 111 cm³/mol. The molecule has 1 amide bonds. The van der Waals surface area contributed by atoms with E-state index in [1.165, 1.54) is 5.56 Å². The van der Waals surface area contributed by atoms with Gasteiger partial charge in [0.1, 0.15) is 11.4 Å². The van der Waals surface area contributed by atoms with Crippen molar-refractivity contribution in [3.8, 4) is 5.75 Å². The summed E-state index contributed by atoms with van der Waals surface area (Å²) in [4.78, 5) is 15.4. The minimum Gasteiger partial charge on any atom is -0.487 e. The van der Waals surface area contributed by atoms with Crippen molar-refractivity contribution in [1.29, 1.82) is 0 Å². The molecule has 4 nitrogen and oxygen atoms in total. The quantitative estimate of drug-likeness (QED) is 0.862. The summed E-state index contributed by atoms with van der Waals surface area (Å²) in [5.74, 6) is 1.18. The highest BCUT2D eigenvalue weighted by atomic mass is 16.5. The molecule has 0 bridgehead atoms. The van der Waals surface area contributed by atoms with Crippen LogP contribution in [0.4, 0.5) is 0 Å². The Morgan fingerprint density at radius 1 is 1.07 bits per heavy atom. The SMILES string of the molecule is CC1(C)C[C@@H](NC(=O)C2CCN(Cc3ccccc3)CC2)c2ccccc2O1. The molecule has 4 rings (SSSR count). The maximum atomic E-state index is 13.0. The van der Waals surface area contributed by atoms with E-state index in [-0.39, 0.29) is 23.5 Å². The maximum absolute atomic E-state index is 13.0. The summed E-state index contributed by atoms with van der Waals surface area (Å²) in [5.41, 5.74) is 2.16. The second-order valence-corrected chi connectivity index (χ2v) is 8.70. The predicted octanol–water partition coefficient (Wildman–Crippen LogP) is 4.32. The highest BCUT2D eigenvalue weighted by Crippen LogP contribution is 2.39. The van der Waals surface area contributed by atoms with Crippen molar-refractivity contribution in [2.75, 3.05) is 13.1 Å². The monoisotopic (exact) mass is 378 g/mol. The van der Waals surface area contributed by atoms with E-state index in [9.17, 15) is 4.79 Å². The van der Waals surface area contributed by atoms with Crippen molar-refractivity contribution in [3.63, 3.8) is 0 Å². The fraction of sp³-hybridized carbons (Fsp3) is 0.458. The summed E-state index contributed by atoms with van der Waals surface area (Å²) >= 11 is 0.